The summed E-state index contributed by atoms with van der Waals surface area (Å²) >= 11 is 9.66. The number of hydrogen-bond donors (Lipinski definition) is 1. The number of nitrogens with one attached hydrogen (secondary N) is 1. The molecule has 0 unspecified atom stereocenters. The summed E-state index contributed by atoms with van der Waals surface area (Å²) in [6.45, 7) is 1.58. The van der Waals surface area contributed by atoms with Crippen molar-refractivity contribution in [1.82, 2.24) is 5.32 Å². The van der Waals surface area contributed by atoms with E-state index in [0.717, 1.165) is 22.0 Å². The molecule has 0 fully saturated rings. The van der Waals surface area contributed by atoms with Crippen LogP contribution in [-0.2, 0) is 17.8 Å². The van der Waals surface area contributed by atoms with Gasteiger partial charge < -0.3 is 14.8 Å². The molecule has 1 aliphatic rings. The molecule has 1 amide bonds. The lowest BCUT2D eigenvalue weighted by Crippen LogP contribution is -2.24. The highest BCUT2D eigenvalue weighted by Crippen LogP contribution is 2.37. The fourth-order valence-corrected chi connectivity index (χ4v) is 3.22. The van der Waals surface area contributed by atoms with Gasteiger partial charge in [-0.2, -0.15) is 0 Å². The van der Waals surface area contributed by atoms with Crippen LogP contribution in [0.1, 0.15) is 17.5 Å². The van der Waals surface area contributed by atoms with E-state index in [4.69, 9.17) is 21.1 Å². The van der Waals surface area contributed by atoms with Crippen molar-refractivity contribution in [3.05, 3.63) is 57.0 Å². The fourth-order valence-electron chi connectivity index (χ4n) is 2.48. The van der Waals surface area contributed by atoms with Crippen molar-refractivity contribution in [3.8, 4) is 11.5 Å². The second kappa shape index (κ2) is 7.90. The van der Waals surface area contributed by atoms with Crippen LogP contribution in [0.3, 0.4) is 0 Å². The van der Waals surface area contributed by atoms with Crippen molar-refractivity contribution in [3.63, 3.8) is 0 Å². The Morgan fingerprint density at radius 3 is 2.83 bits per heavy atom. The van der Waals surface area contributed by atoms with Crippen molar-refractivity contribution < 1.29 is 14.3 Å². The lowest BCUT2D eigenvalue weighted by atomic mass is 10.1. The first-order valence-corrected chi connectivity index (χ1v) is 8.88. The molecule has 0 saturated carbocycles. The quantitative estimate of drug-likeness (QED) is 0.825. The number of rotatable bonds is 4. The van der Waals surface area contributed by atoms with E-state index in [1.807, 2.05) is 30.3 Å². The van der Waals surface area contributed by atoms with E-state index in [0.29, 0.717) is 42.7 Å². The van der Waals surface area contributed by atoms with Crippen LogP contribution < -0.4 is 14.8 Å². The highest BCUT2D eigenvalue weighted by molar-refractivity contribution is 9.10. The third-order valence-corrected chi connectivity index (χ3v) is 4.38. The van der Waals surface area contributed by atoms with Crippen molar-refractivity contribution in [2.45, 2.75) is 19.4 Å². The van der Waals surface area contributed by atoms with Gasteiger partial charge in [0, 0.05) is 17.4 Å². The van der Waals surface area contributed by atoms with Crippen LogP contribution in [0.15, 0.2) is 40.9 Å². The van der Waals surface area contributed by atoms with Gasteiger partial charge in [-0.05, 0) is 35.4 Å². The number of fused-ring (bicyclic) bond motifs is 1. The average Bonchev–Trinajstić information content (AvgIpc) is 2.79. The second-order valence-electron chi connectivity index (χ2n) is 5.54. The van der Waals surface area contributed by atoms with Crippen LogP contribution >= 0.6 is 27.5 Å². The monoisotopic (exact) mass is 409 g/mol. The Bertz CT molecular complexity index is 751. The fraction of sp³-hybridized carbons (Fsp3) is 0.278. The SMILES string of the molecule is O=C(Cc1cccc(Br)c1)NCc1cc(Cl)c2c(c1)OCCCO2. The molecule has 0 aromatic heterocycles. The molecule has 0 spiro atoms. The molecule has 3 rings (SSSR count). The van der Waals surface area contributed by atoms with Gasteiger partial charge in [0.25, 0.3) is 0 Å². The number of amides is 1. The Morgan fingerprint density at radius 2 is 2.00 bits per heavy atom. The van der Waals surface area contributed by atoms with E-state index < -0.39 is 0 Å². The summed E-state index contributed by atoms with van der Waals surface area (Å²) in [6, 6.07) is 11.4. The molecule has 0 bridgehead atoms. The Kier molecular flexibility index (Phi) is 5.63. The molecule has 2 aromatic carbocycles. The van der Waals surface area contributed by atoms with E-state index in [1.54, 1.807) is 6.07 Å². The van der Waals surface area contributed by atoms with E-state index in [9.17, 15) is 4.79 Å². The zero-order chi connectivity index (χ0) is 16.9. The van der Waals surface area contributed by atoms with E-state index >= 15 is 0 Å². The molecule has 1 aliphatic heterocycles. The largest absolute Gasteiger partial charge is 0.489 e. The highest BCUT2D eigenvalue weighted by atomic mass is 79.9. The molecule has 1 heterocycles. The maximum atomic E-state index is 12.1. The first-order valence-electron chi connectivity index (χ1n) is 7.71. The normalized spacial score (nSPS) is 13.2. The van der Waals surface area contributed by atoms with Crippen LogP contribution in [0.2, 0.25) is 5.02 Å². The molecule has 0 atom stereocenters. The number of hydrogen-bond acceptors (Lipinski definition) is 3. The molecule has 2 aromatic rings. The molecule has 24 heavy (non-hydrogen) atoms. The van der Waals surface area contributed by atoms with Gasteiger partial charge in [0.1, 0.15) is 0 Å². The smallest absolute Gasteiger partial charge is 0.224 e. The van der Waals surface area contributed by atoms with Crippen LogP contribution in [0.5, 0.6) is 11.5 Å². The summed E-state index contributed by atoms with van der Waals surface area (Å²) in [5.41, 5.74) is 1.84. The van der Waals surface area contributed by atoms with E-state index in [2.05, 4.69) is 21.2 Å². The minimum atomic E-state index is -0.0451. The topological polar surface area (TPSA) is 47.6 Å². The molecule has 126 valence electrons. The summed E-state index contributed by atoms with van der Waals surface area (Å²) in [4.78, 5) is 12.1. The van der Waals surface area contributed by atoms with Gasteiger partial charge >= 0.3 is 0 Å². The minimum absolute atomic E-state index is 0.0451. The van der Waals surface area contributed by atoms with Crippen LogP contribution in [0.4, 0.5) is 0 Å². The van der Waals surface area contributed by atoms with Gasteiger partial charge in [0.05, 0.1) is 24.7 Å². The Morgan fingerprint density at radius 1 is 1.17 bits per heavy atom. The minimum Gasteiger partial charge on any atom is -0.489 e. The zero-order valence-electron chi connectivity index (χ0n) is 13.0. The number of carbonyl (C=O) groups excluding carboxylic acids is 1. The summed E-state index contributed by atoms with van der Waals surface area (Å²) in [5.74, 6) is 1.17. The van der Waals surface area contributed by atoms with Gasteiger partial charge in [-0.1, -0.05) is 39.7 Å². The predicted octanol–water partition coefficient (Wildman–Crippen LogP) is 4.12. The number of carbonyl (C=O) groups is 1. The highest BCUT2D eigenvalue weighted by Gasteiger charge is 2.16. The molecule has 4 nitrogen and oxygen atoms in total. The van der Waals surface area contributed by atoms with Crippen LogP contribution in [0, 0.1) is 0 Å². The molecule has 1 N–H and O–H groups in total. The maximum absolute atomic E-state index is 12.1. The Hall–Kier alpha value is -1.72. The predicted molar refractivity (Wildman–Crippen MR) is 96.8 cm³/mol. The van der Waals surface area contributed by atoms with Gasteiger partial charge in [-0.15, -0.1) is 0 Å². The van der Waals surface area contributed by atoms with Gasteiger partial charge in [-0.25, -0.2) is 0 Å². The van der Waals surface area contributed by atoms with Crippen LogP contribution in [-0.4, -0.2) is 19.1 Å². The van der Waals surface area contributed by atoms with E-state index in [-0.39, 0.29) is 5.91 Å². The first kappa shape index (κ1) is 17.1. The Labute approximate surface area is 154 Å². The molecule has 0 aliphatic carbocycles. The Balaban J connectivity index is 1.63. The third kappa shape index (κ3) is 4.42. The standard InChI is InChI=1S/C18H17BrClNO3/c19-14-4-1-3-12(7-14)10-17(22)21-11-13-8-15(20)18-16(9-13)23-5-2-6-24-18/h1,3-4,7-9H,2,5-6,10-11H2,(H,21,22). The average molecular weight is 411 g/mol. The van der Waals surface area contributed by atoms with Crippen molar-refractivity contribution in [2.75, 3.05) is 13.2 Å². The van der Waals surface area contributed by atoms with Crippen molar-refractivity contribution in [2.24, 2.45) is 0 Å². The van der Waals surface area contributed by atoms with E-state index in [1.165, 1.54) is 0 Å². The molecular weight excluding hydrogens is 394 g/mol. The first-order chi connectivity index (χ1) is 11.6. The molecule has 0 saturated heterocycles. The molecule has 0 radical (unpaired) electrons. The maximum Gasteiger partial charge on any atom is 0.224 e. The second-order valence-corrected chi connectivity index (χ2v) is 6.86. The number of benzene rings is 2. The lowest BCUT2D eigenvalue weighted by Gasteiger charge is -2.12. The lowest BCUT2D eigenvalue weighted by molar-refractivity contribution is -0.120. The number of ether oxygens (including phenoxy) is 2. The summed E-state index contributed by atoms with van der Waals surface area (Å²) in [7, 11) is 0. The van der Waals surface area contributed by atoms with Crippen molar-refractivity contribution >= 4 is 33.4 Å². The number of halogens is 2. The summed E-state index contributed by atoms with van der Waals surface area (Å²) in [6.07, 6.45) is 1.15. The summed E-state index contributed by atoms with van der Waals surface area (Å²) < 4.78 is 12.2. The van der Waals surface area contributed by atoms with Gasteiger partial charge in [0.2, 0.25) is 5.91 Å². The van der Waals surface area contributed by atoms with Gasteiger partial charge in [0.15, 0.2) is 11.5 Å². The van der Waals surface area contributed by atoms with Crippen molar-refractivity contribution in [1.29, 1.82) is 0 Å². The molecule has 6 heteroatoms. The third-order valence-electron chi connectivity index (χ3n) is 3.61. The van der Waals surface area contributed by atoms with Gasteiger partial charge in [-0.3, -0.25) is 4.79 Å². The molecular formula is C18H17BrClNO3. The zero-order valence-corrected chi connectivity index (χ0v) is 15.3. The summed E-state index contributed by atoms with van der Waals surface area (Å²) in [5, 5.41) is 3.41. The van der Waals surface area contributed by atoms with Crippen LogP contribution in [0.25, 0.3) is 0 Å².